The summed E-state index contributed by atoms with van der Waals surface area (Å²) in [5.74, 6) is 0.240. The molecule has 0 fully saturated rings. The molecule has 0 aliphatic rings. The first-order valence-electron chi connectivity index (χ1n) is 9.34. The highest BCUT2D eigenvalue weighted by Crippen LogP contribution is 2.20. The second-order valence-corrected chi connectivity index (χ2v) is 7.23. The van der Waals surface area contributed by atoms with Crippen LogP contribution in [0.2, 0.25) is 0 Å². The molecule has 3 aromatic rings. The summed E-state index contributed by atoms with van der Waals surface area (Å²) in [6.45, 7) is 4.29. The predicted molar refractivity (Wildman–Crippen MR) is 117 cm³/mol. The lowest BCUT2D eigenvalue weighted by Crippen LogP contribution is -2.13. The smallest absolute Gasteiger partial charge is 0.274 e. The Morgan fingerprint density at radius 3 is 2.00 bits per heavy atom. The van der Waals surface area contributed by atoms with Crippen molar-refractivity contribution in [2.45, 2.75) is 19.8 Å². The van der Waals surface area contributed by atoms with Crippen LogP contribution in [0.1, 0.15) is 35.8 Å². The van der Waals surface area contributed by atoms with E-state index in [9.17, 15) is 4.79 Å². The first-order valence-corrected chi connectivity index (χ1v) is 9.34. The molecule has 3 rings (SSSR count). The Morgan fingerprint density at radius 2 is 1.46 bits per heavy atom. The molecule has 28 heavy (non-hydrogen) atoms. The Morgan fingerprint density at radius 1 is 0.857 bits per heavy atom. The summed E-state index contributed by atoms with van der Waals surface area (Å²) in [6, 6.07) is 19.6. The third kappa shape index (κ3) is 4.88. The third-order valence-corrected chi connectivity index (χ3v) is 4.50. The highest BCUT2D eigenvalue weighted by Gasteiger charge is 2.08. The Kier molecular flexibility index (Phi) is 5.94. The van der Waals surface area contributed by atoms with Gasteiger partial charge in [0.2, 0.25) is 0 Å². The molecule has 1 aromatic heterocycles. The molecule has 0 atom stereocenters. The number of rotatable bonds is 6. The Balaban J connectivity index is 1.62. The molecule has 2 aromatic carbocycles. The monoisotopic (exact) mass is 374 g/mol. The fourth-order valence-electron chi connectivity index (χ4n) is 2.76. The normalized spacial score (nSPS) is 10.6. The number of anilines is 4. The number of nitrogens with one attached hydrogen (secondary N) is 2. The second-order valence-electron chi connectivity index (χ2n) is 7.23. The zero-order chi connectivity index (χ0) is 20.1. The standard InChI is InChI=1S/C23H26N4O/c1-16(2)17-5-7-19(8-6-17)26-23(28)22-14-11-20(15-24-22)25-18-9-12-21(13-10-18)27(3)4/h5-16,25H,1-4H3,(H,26,28). The molecule has 0 aliphatic heterocycles. The minimum Gasteiger partial charge on any atom is -0.378 e. The molecular weight excluding hydrogens is 348 g/mol. The van der Waals surface area contributed by atoms with Gasteiger partial charge in [-0.05, 0) is 60.0 Å². The Bertz CT molecular complexity index is 914. The summed E-state index contributed by atoms with van der Waals surface area (Å²) in [7, 11) is 4.02. The first kappa shape index (κ1) is 19.4. The SMILES string of the molecule is CC(C)c1ccc(NC(=O)c2ccc(Nc3ccc(N(C)C)cc3)cn2)cc1. The van der Waals surface area contributed by atoms with Crippen molar-refractivity contribution in [2.75, 3.05) is 29.6 Å². The number of pyridine rings is 1. The molecule has 2 N–H and O–H groups in total. The summed E-state index contributed by atoms with van der Waals surface area (Å²) in [5, 5.41) is 6.17. The van der Waals surface area contributed by atoms with Gasteiger partial charge in [0, 0.05) is 31.2 Å². The van der Waals surface area contributed by atoms with E-state index in [1.807, 2.05) is 68.7 Å². The number of benzene rings is 2. The molecule has 0 spiro atoms. The number of carbonyl (C=O) groups excluding carboxylic acids is 1. The fourth-order valence-corrected chi connectivity index (χ4v) is 2.76. The van der Waals surface area contributed by atoms with Crippen LogP contribution in [-0.4, -0.2) is 25.0 Å². The minimum absolute atomic E-state index is 0.223. The molecular formula is C23H26N4O. The molecule has 1 amide bonds. The topological polar surface area (TPSA) is 57.3 Å². The molecule has 0 aliphatic carbocycles. The van der Waals surface area contributed by atoms with E-state index in [4.69, 9.17) is 0 Å². The van der Waals surface area contributed by atoms with Crippen LogP contribution < -0.4 is 15.5 Å². The van der Waals surface area contributed by atoms with E-state index >= 15 is 0 Å². The van der Waals surface area contributed by atoms with Crippen molar-refractivity contribution in [3.8, 4) is 0 Å². The van der Waals surface area contributed by atoms with Crippen LogP contribution in [0.4, 0.5) is 22.7 Å². The van der Waals surface area contributed by atoms with Gasteiger partial charge in [0.25, 0.3) is 5.91 Å². The van der Waals surface area contributed by atoms with Gasteiger partial charge in [-0.25, -0.2) is 4.98 Å². The summed E-state index contributed by atoms with van der Waals surface area (Å²) in [4.78, 5) is 18.7. The summed E-state index contributed by atoms with van der Waals surface area (Å²) in [6.07, 6.45) is 1.66. The Labute approximate surface area is 166 Å². The van der Waals surface area contributed by atoms with Crippen molar-refractivity contribution in [3.63, 3.8) is 0 Å². The fraction of sp³-hybridized carbons (Fsp3) is 0.217. The number of hydrogen-bond donors (Lipinski definition) is 2. The van der Waals surface area contributed by atoms with Gasteiger partial charge in [-0.2, -0.15) is 0 Å². The van der Waals surface area contributed by atoms with Crippen molar-refractivity contribution in [1.29, 1.82) is 0 Å². The van der Waals surface area contributed by atoms with Crippen LogP contribution in [0, 0.1) is 0 Å². The van der Waals surface area contributed by atoms with Crippen molar-refractivity contribution < 1.29 is 4.79 Å². The van der Waals surface area contributed by atoms with Gasteiger partial charge in [-0.1, -0.05) is 26.0 Å². The molecule has 0 unspecified atom stereocenters. The van der Waals surface area contributed by atoms with Crippen LogP contribution >= 0.6 is 0 Å². The molecule has 5 heteroatoms. The van der Waals surface area contributed by atoms with Crippen molar-refractivity contribution in [3.05, 3.63) is 78.1 Å². The van der Waals surface area contributed by atoms with Crippen molar-refractivity contribution >= 4 is 28.7 Å². The number of nitrogens with zero attached hydrogens (tertiary/aromatic N) is 2. The number of hydrogen-bond acceptors (Lipinski definition) is 4. The molecule has 5 nitrogen and oxygen atoms in total. The maximum atomic E-state index is 12.4. The summed E-state index contributed by atoms with van der Waals surface area (Å²) < 4.78 is 0. The van der Waals surface area contributed by atoms with Gasteiger partial charge < -0.3 is 15.5 Å². The quantitative estimate of drug-likeness (QED) is 0.617. The van der Waals surface area contributed by atoms with Crippen molar-refractivity contribution in [1.82, 2.24) is 4.98 Å². The molecule has 144 valence electrons. The number of carbonyl (C=O) groups is 1. The lowest BCUT2D eigenvalue weighted by atomic mass is 10.0. The van der Waals surface area contributed by atoms with E-state index < -0.39 is 0 Å². The highest BCUT2D eigenvalue weighted by molar-refractivity contribution is 6.03. The predicted octanol–water partition coefficient (Wildman–Crippen LogP) is 5.27. The van der Waals surface area contributed by atoms with Gasteiger partial charge in [0.1, 0.15) is 5.69 Å². The zero-order valence-corrected chi connectivity index (χ0v) is 16.7. The van der Waals surface area contributed by atoms with Crippen LogP contribution in [0.25, 0.3) is 0 Å². The lowest BCUT2D eigenvalue weighted by Gasteiger charge is -2.13. The molecule has 0 radical (unpaired) electrons. The molecule has 0 saturated carbocycles. The maximum absolute atomic E-state index is 12.4. The molecule has 1 heterocycles. The minimum atomic E-state index is -0.223. The van der Waals surface area contributed by atoms with Crippen LogP contribution in [0.15, 0.2) is 66.9 Å². The highest BCUT2D eigenvalue weighted by atomic mass is 16.1. The van der Waals surface area contributed by atoms with Crippen molar-refractivity contribution in [2.24, 2.45) is 0 Å². The van der Waals surface area contributed by atoms with E-state index in [1.165, 1.54) is 5.56 Å². The second kappa shape index (κ2) is 8.57. The largest absolute Gasteiger partial charge is 0.378 e. The van der Waals surface area contributed by atoms with Gasteiger partial charge in [-0.3, -0.25) is 4.79 Å². The lowest BCUT2D eigenvalue weighted by molar-refractivity contribution is 0.102. The maximum Gasteiger partial charge on any atom is 0.274 e. The number of amides is 1. The summed E-state index contributed by atoms with van der Waals surface area (Å²) >= 11 is 0. The summed E-state index contributed by atoms with van der Waals surface area (Å²) in [5.41, 5.74) is 5.31. The van der Waals surface area contributed by atoms with Gasteiger partial charge in [-0.15, -0.1) is 0 Å². The van der Waals surface area contributed by atoms with E-state index in [2.05, 4.69) is 34.4 Å². The third-order valence-electron chi connectivity index (χ3n) is 4.50. The van der Waals surface area contributed by atoms with E-state index in [1.54, 1.807) is 12.3 Å². The number of aromatic nitrogens is 1. The van der Waals surface area contributed by atoms with Gasteiger partial charge in [0.15, 0.2) is 0 Å². The Hall–Kier alpha value is -3.34. The van der Waals surface area contributed by atoms with Gasteiger partial charge in [0.05, 0.1) is 11.9 Å². The zero-order valence-electron chi connectivity index (χ0n) is 16.7. The molecule has 0 saturated heterocycles. The van der Waals surface area contributed by atoms with Crippen LogP contribution in [0.5, 0.6) is 0 Å². The van der Waals surface area contributed by atoms with Crippen LogP contribution in [-0.2, 0) is 0 Å². The average Bonchev–Trinajstić information content (AvgIpc) is 2.69. The average molecular weight is 374 g/mol. The van der Waals surface area contributed by atoms with E-state index in [-0.39, 0.29) is 5.91 Å². The first-order chi connectivity index (χ1) is 13.4. The van der Waals surface area contributed by atoms with E-state index in [0.29, 0.717) is 11.6 Å². The molecule has 0 bridgehead atoms. The van der Waals surface area contributed by atoms with Gasteiger partial charge >= 0.3 is 0 Å². The van der Waals surface area contributed by atoms with E-state index in [0.717, 1.165) is 22.7 Å². The van der Waals surface area contributed by atoms with Crippen LogP contribution in [0.3, 0.4) is 0 Å².